The molecule has 1 fully saturated rings. The van der Waals surface area contributed by atoms with Crippen LogP contribution in [0.3, 0.4) is 0 Å². The maximum absolute atomic E-state index is 11.9. The van der Waals surface area contributed by atoms with E-state index in [0.717, 1.165) is 32.1 Å². The van der Waals surface area contributed by atoms with E-state index in [9.17, 15) is 9.59 Å². The van der Waals surface area contributed by atoms with E-state index in [2.05, 4.69) is 16.0 Å². The Morgan fingerprint density at radius 2 is 1.77 bits per heavy atom. The Labute approximate surface area is 162 Å². The van der Waals surface area contributed by atoms with Crippen LogP contribution in [0, 0.1) is 0 Å². The van der Waals surface area contributed by atoms with Gasteiger partial charge < -0.3 is 21.7 Å². The summed E-state index contributed by atoms with van der Waals surface area (Å²) in [5, 5.41) is 8.75. The Morgan fingerprint density at radius 3 is 2.50 bits per heavy atom. The van der Waals surface area contributed by atoms with Gasteiger partial charge in [-0.15, -0.1) is 12.4 Å². The molecule has 0 unspecified atom stereocenters. The standard InChI is InChI=1S/C19H30N4O2.ClH/c20-16-11-6-7-12-17(16)23-18(24)13-5-2-8-14-21-19(25)22-15-9-3-1-4-10-15;/h6-7,11-12,15H,1-5,8-10,13-14,20H2,(H,23,24)(H2,21,22,25);1H. The van der Waals surface area contributed by atoms with Crippen molar-refractivity contribution >= 4 is 35.7 Å². The van der Waals surface area contributed by atoms with E-state index < -0.39 is 0 Å². The number of carbonyl (C=O) groups is 2. The summed E-state index contributed by atoms with van der Waals surface area (Å²) in [4.78, 5) is 23.7. The third-order valence-corrected chi connectivity index (χ3v) is 4.54. The van der Waals surface area contributed by atoms with Crippen molar-refractivity contribution in [2.45, 2.75) is 63.8 Å². The summed E-state index contributed by atoms with van der Waals surface area (Å²) in [6, 6.07) is 7.51. The summed E-state index contributed by atoms with van der Waals surface area (Å²) in [6.07, 6.45) is 8.92. The fraction of sp³-hybridized carbons (Fsp3) is 0.579. The van der Waals surface area contributed by atoms with E-state index in [1.54, 1.807) is 12.1 Å². The van der Waals surface area contributed by atoms with Crippen molar-refractivity contribution in [3.05, 3.63) is 24.3 Å². The third-order valence-electron chi connectivity index (χ3n) is 4.54. The Balaban J connectivity index is 0.00000338. The molecule has 6 nitrogen and oxygen atoms in total. The van der Waals surface area contributed by atoms with Gasteiger partial charge in [0.2, 0.25) is 5.91 Å². The number of carbonyl (C=O) groups excluding carboxylic acids is 2. The second-order valence-corrected chi connectivity index (χ2v) is 6.68. The fourth-order valence-corrected chi connectivity index (χ4v) is 3.10. The number of nitrogens with two attached hydrogens (primary N) is 1. The molecule has 0 heterocycles. The van der Waals surface area contributed by atoms with Crippen LogP contribution in [0.4, 0.5) is 16.2 Å². The molecule has 0 aliphatic heterocycles. The highest BCUT2D eigenvalue weighted by Gasteiger charge is 2.15. The highest BCUT2D eigenvalue weighted by Crippen LogP contribution is 2.18. The van der Waals surface area contributed by atoms with Gasteiger partial charge in [-0.1, -0.05) is 37.8 Å². The van der Waals surface area contributed by atoms with Gasteiger partial charge >= 0.3 is 6.03 Å². The van der Waals surface area contributed by atoms with Gasteiger partial charge in [0, 0.05) is 19.0 Å². The van der Waals surface area contributed by atoms with Crippen LogP contribution < -0.4 is 21.7 Å². The molecular weight excluding hydrogens is 352 g/mol. The quantitative estimate of drug-likeness (QED) is 0.406. The number of urea groups is 1. The van der Waals surface area contributed by atoms with Crippen molar-refractivity contribution in [2.75, 3.05) is 17.6 Å². The molecule has 0 atom stereocenters. The predicted octanol–water partition coefficient (Wildman–Crippen LogP) is 3.82. The number of nitrogens with one attached hydrogen (secondary N) is 3. The lowest BCUT2D eigenvalue weighted by atomic mass is 9.96. The first-order valence-corrected chi connectivity index (χ1v) is 9.34. The molecule has 2 rings (SSSR count). The summed E-state index contributed by atoms with van der Waals surface area (Å²) >= 11 is 0. The zero-order chi connectivity index (χ0) is 17.9. The molecule has 1 aromatic rings. The second kappa shape index (κ2) is 12.4. The first-order chi connectivity index (χ1) is 12.1. The van der Waals surface area contributed by atoms with E-state index in [1.165, 1.54) is 19.3 Å². The van der Waals surface area contributed by atoms with Crippen LogP contribution in [0.1, 0.15) is 57.8 Å². The number of hydrogen-bond acceptors (Lipinski definition) is 3. The van der Waals surface area contributed by atoms with Crippen LogP contribution in [0.15, 0.2) is 24.3 Å². The molecule has 1 aliphatic rings. The Morgan fingerprint density at radius 1 is 1.04 bits per heavy atom. The zero-order valence-electron chi connectivity index (χ0n) is 15.3. The summed E-state index contributed by atoms with van der Waals surface area (Å²) in [5.74, 6) is -0.0269. The number of anilines is 2. The van der Waals surface area contributed by atoms with Gasteiger partial charge in [0.25, 0.3) is 0 Å². The lowest BCUT2D eigenvalue weighted by molar-refractivity contribution is -0.116. The van der Waals surface area contributed by atoms with Crippen molar-refractivity contribution in [1.82, 2.24) is 10.6 Å². The topological polar surface area (TPSA) is 96.2 Å². The normalized spacial score (nSPS) is 14.2. The van der Waals surface area contributed by atoms with Crippen molar-refractivity contribution in [3.8, 4) is 0 Å². The molecule has 26 heavy (non-hydrogen) atoms. The van der Waals surface area contributed by atoms with E-state index in [1.807, 2.05) is 12.1 Å². The van der Waals surface area contributed by atoms with E-state index in [4.69, 9.17) is 5.73 Å². The van der Waals surface area contributed by atoms with Crippen LogP contribution in [0.5, 0.6) is 0 Å². The Kier molecular flexibility index (Phi) is 10.5. The number of benzene rings is 1. The number of rotatable bonds is 8. The van der Waals surface area contributed by atoms with E-state index in [0.29, 0.717) is 30.4 Å². The highest BCUT2D eigenvalue weighted by molar-refractivity contribution is 5.93. The number of nitrogen functional groups attached to an aromatic ring is 1. The summed E-state index contributed by atoms with van der Waals surface area (Å²) in [7, 11) is 0. The van der Waals surface area contributed by atoms with Gasteiger partial charge in [0.05, 0.1) is 11.4 Å². The molecule has 7 heteroatoms. The lowest BCUT2D eigenvalue weighted by Gasteiger charge is -2.22. The monoisotopic (exact) mass is 382 g/mol. The molecule has 1 aliphatic carbocycles. The minimum Gasteiger partial charge on any atom is -0.397 e. The molecule has 0 bridgehead atoms. The Hall–Kier alpha value is -1.95. The molecule has 1 aromatic carbocycles. The van der Waals surface area contributed by atoms with E-state index >= 15 is 0 Å². The molecule has 5 N–H and O–H groups in total. The van der Waals surface area contributed by atoms with Gasteiger partial charge in [-0.2, -0.15) is 0 Å². The van der Waals surface area contributed by atoms with Crippen LogP contribution in [-0.4, -0.2) is 24.5 Å². The first kappa shape index (κ1) is 22.1. The highest BCUT2D eigenvalue weighted by atomic mass is 35.5. The van der Waals surface area contributed by atoms with Crippen LogP contribution in [0.25, 0.3) is 0 Å². The summed E-state index contributed by atoms with van der Waals surface area (Å²) < 4.78 is 0. The second-order valence-electron chi connectivity index (χ2n) is 6.68. The molecular formula is C19H31ClN4O2. The van der Waals surface area contributed by atoms with Crippen molar-refractivity contribution in [2.24, 2.45) is 0 Å². The van der Waals surface area contributed by atoms with E-state index in [-0.39, 0.29) is 24.3 Å². The molecule has 0 aromatic heterocycles. The van der Waals surface area contributed by atoms with Gasteiger partial charge in [-0.25, -0.2) is 4.79 Å². The number of para-hydroxylation sites is 2. The fourth-order valence-electron chi connectivity index (χ4n) is 3.10. The van der Waals surface area contributed by atoms with Gasteiger partial charge in [-0.3, -0.25) is 4.79 Å². The summed E-state index contributed by atoms with van der Waals surface area (Å²) in [5.41, 5.74) is 7.03. The maximum Gasteiger partial charge on any atom is 0.315 e. The van der Waals surface area contributed by atoms with Crippen molar-refractivity contribution < 1.29 is 9.59 Å². The first-order valence-electron chi connectivity index (χ1n) is 9.34. The molecule has 0 spiro atoms. The molecule has 0 saturated heterocycles. The smallest absolute Gasteiger partial charge is 0.315 e. The molecule has 0 radical (unpaired) electrons. The van der Waals surface area contributed by atoms with Crippen LogP contribution >= 0.6 is 12.4 Å². The summed E-state index contributed by atoms with van der Waals surface area (Å²) in [6.45, 7) is 0.645. The van der Waals surface area contributed by atoms with Gasteiger partial charge in [0.1, 0.15) is 0 Å². The number of halogens is 1. The minimum atomic E-state index is -0.0656. The molecule has 3 amide bonds. The maximum atomic E-state index is 11.9. The van der Waals surface area contributed by atoms with Crippen molar-refractivity contribution in [1.29, 1.82) is 0 Å². The number of hydrogen-bond donors (Lipinski definition) is 4. The van der Waals surface area contributed by atoms with Gasteiger partial charge in [0.15, 0.2) is 0 Å². The lowest BCUT2D eigenvalue weighted by Crippen LogP contribution is -2.43. The number of amides is 3. The van der Waals surface area contributed by atoms with Crippen LogP contribution in [-0.2, 0) is 4.79 Å². The van der Waals surface area contributed by atoms with Crippen molar-refractivity contribution in [3.63, 3.8) is 0 Å². The Bertz CT molecular complexity index is 562. The van der Waals surface area contributed by atoms with Crippen LogP contribution in [0.2, 0.25) is 0 Å². The number of unbranched alkanes of at least 4 members (excludes halogenated alkanes) is 2. The minimum absolute atomic E-state index is 0. The zero-order valence-corrected chi connectivity index (χ0v) is 16.1. The predicted molar refractivity (Wildman–Crippen MR) is 109 cm³/mol. The average Bonchev–Trinajstić information content (AvgIpc) is 2.61. The third kappa shape index (κ3) is 8.43. The molecule has 1 saturated carbocycles. The molecule has 146 valence electrons. The SMILES string of the molecule is Cl.Nc1ccccc1NC(=O)CCCCCNC(=O)NC1CCCCC1. The largest absolute Gasteiger partial charge is 0.397 e. The van der Waals surface area contributed by atoms with Gasteiger partial charge in [-0.05, 0) is 37.8 Å². The average molecular weight is 383 g/mol.